The van der Waals surface area contributed by atoms with E-state index in [0.717, 1.165) is 5.56 Å². The maximum atomic E-state index is 16.3. The van der Waals surface area contributed by atoms with E-state index in [4.69, 9.17) is 9.47 Å². The second-order valence-corrected chi connectivity index (χ2v) is 16.0. The van der Waals surface area contributed by atoms with E-state index in [9.17, 15) is 19.5 Å². The lowest BCUT2D eigenvalue weighted by atomic mass is 9.82. The summed E-state index contributed by atoms with van der Waals surface area (Å²) in [5.74, 6) is -1.11. The van der Waals surface area contributed by atoms with E-state index in [2.05, 4.69) is 6.58 Å². The Morgan fingerprint density at radius 1 is 1.18 bits per heavy atom. The highest BCUT2D eigenvalue weighted by Gasteiger charge is 2.67. The number of carbonyl (C=O) groups excluding carboxylic acids is 2. The molecule has 1 spiro atoms. The maximum absolute atomic E-state index is 16.3. The normalized spacial score (nSPS) is 22.5. The molecule has 45 heavy (non-hydrogen) atoms. The van der Waals surface area contributed by atoms with Gasteiger partial charge in [-0.2, -0.15) is 0 Å². The lowest BCUT2D eigenvalue weighted by Crippen LogP contribution is -2.45. The molecule has 2 aliphatic rings. The van der Waals surface area contributed by atoms with Crippen LogP contribution in [-0.4, -0.2) is 67.7 Å². The van der Waals surface area contributed by atoms with Crippen molar-refractivity contribution in [1.82, 2.24) is 9.47 Å². The maximum Gasteiger partial charge on any atom is 0.297 e. The van der Waals surface area contributed by atoms with Gasteiger partial charge in [0, 0.05) is 48.5 Å². The third kappa shape index (κ3) is 5.76. The van der Waals surface area contributed by atoms with Gasteiger partial charge in [-0.25, -0.2) is 0 Å². The average molecular weight is 634 g/mol. The highest BCUT2D eigenvalue weighted by molar-refractivity contribution is 6.72. The molecule has 1 N–H and O–H groups in total. The molecule has 4 atom stereocenters. The summed E-state index contributed by atoms with van der Waals surface area (Å²) in [5.41, 5.74) is -0.158. The van der Waals surface area contributed by atoms with E-state index in [1.807, 2.05) is 37.3 Å². The number of rotatable bonds is 11. The third-order valence-corrected chi connectivity index (χ3v) is 11.4. The highest BCUT2D eigenvalue weighted by atomic mass is 28.4. The van der Waals surface area contributed by atoms with Crippen LogP contribution in [0.1, 0.15) is 24.5 Å². The number of ether oxygens (including phenoxy) is 2. The number of nitrogens with zero attached hydrogens (tertiary/aromatic N) is 3. The van der Waals surface area contributed by atoms with E-state index in [1.54, 1.807) is 65.5 Å². The second kappa shape index (κ2) is 12.7. The first-order valence-corrected chi connectivity index (χ1v) is 18.1. The Morgan fingerprint density at radius 3 is 2.56 bits per heavy atom. The second-order valence-electron chi connectivity index (χ2n) is 12.2. The quantitative estimate of drug-likeness (QED) is 0.189. The Hall–Kier alpha value is -4.06. The highest BCUT2D eigenvalue weighted by Crippen LogP contribution is 2.60. The van der Waals surface area contributed by atoms with Crippen molar-refractivity contribution in [3.63, 3.8) is 0 Å². The van der Waals surface area contributed by atoms with Gasteiger partial charge in [0.2, 0.25) is 14.3 Å². The first-order valence-electron chi connectivity index (χ1n) is 15.1. The van der Waals surface area contributed by atoms with Crippen LogP contribution in [0.5, 0.6) is 5.75 Å². The predicted molar refractivity (Wildman–Crippen MR) is 173 cm³/mol. The van der Waals surface area contributed by atoms with Crippen molar-refractivity contribution in [3.8, 4) is 11.4 Å². The number of hydrogen-bond donors (Lipinski definition) is 1. The number of hydrogen-bond acceptors (Lipinski definition) is 6. The molecule has 0 bridgehead atoms. The Labute approximate surface area is 263 Å². The van der Waals surface area contributed by atoms with Crippen molar-refractivity contribution in [1.29, 1.82) is 0 Å². The standard InChI is InChI=1S/C34H40FN3O6Si/c1-6-16-38-27-15-14-25(37-17-10-13-28(43-3)32(37)41)20-26(27)34(33(38)42)23(2)31(45(4,5)35)29(44-34)21-30(40)36(18-19-39)22-24-11-8-7-9-12-24/h6-15,17,20,23,29,31,39H,1,16,18-19,21-22H2,2-5H3/t23-,29+,31-,34+/m1/s1. The first-order chi connectivity index (χ1) is 21.5. The van der Waals surface area contributed by atoms with E-state index in [1.165, 1.54) is 11.7 Å². The fraction of sp³-hybridized carbons (Fsp3) is 0.382. The van der Waals surface area contributed by atoms with Crippen LogP contribution in [0.4, 0.5) is 9.80 Å². The summed E-state index contributed by atoms with van der Waals surface area (Å²) in [4.78, 5) is 44.4. The van der Waals surface area contributed by atoms with Crippen molar-refractivity contribution in [3.05, 3.63) is 101 Å². The molecule has 2 aromatic carbocycles. The van der Waals surface area contributed by atoms with Gasteiger partial charge in [-0.3, -0.25) is 19.0 Å². The Morgan fingerprint density at radius 2 is 1.91 bits per heavy atom. The van der Waals surface area contributed by atoms with Gasteiger partial charge < -0.3 is 28.5 Å². The minimum Gasteiger partial charge on any atom is -0.491 e. The smallest absolute Gasteiger partial charge is 0.297 e. The van der Waals surface area contributed by atoms with Gasteiger partial charge in [-0.05, 0) is 49.0 Å². The zero-order valence-corrected chi connectivity index (χ0v) is 27.1. The minimum absolute atomic E-state index is 0.107. The molecule has 1 fully saturated rings. The summed E-state index contributed by atoms with van der Waals surface area (Å²) in [5, 5.41) is 9.74. The molecular formula is C34H40FN3O6Si. The number of pyridine rings is 1. The SMILES string of the molecule is C=CCN1C(=O)[C@@]2(O[C@@H](CC(=O)N(CCO)Cc3ccccc3)[C@H]([Si](C)(C)F)[C@H]2C)c2cc(-n3cccc(OC)c3=O)ccc21. The van der Waals surface area contributed by atoms with Crippen molar-refractivity contribution < 1.29 is 28.3 Å². The average Bonchev–Trinajstić information content (AvgIpc) is 3.43. The number of carbonyl (C=O) groups is 2. The fourth-order valence-electron chi connectivity index (χ4n) is 7.05. The minimum atomic E-state index is -3.54. The van der Waals surface area contributed by atoms with Crippen LogP contribution < -0.4 is 15.2 Å². The molecule has 2 amide bonds. The molecule has 0 radical (unpaired) electrons. The van der Waals surface area contributed by atoms with Crippen LogP contribution in [0.2, 0.25) is 18.6 Å². The number of aromatic nitrogens is 1. The van der Waals surface area contributed by atoms with E-state index in [-0.39, 0.29) is 55.8 Å². The van der Waals surface area contributed by atoms with E-state index in [0.29, 0.717) is 16.9 Å². The van der Waals surface area contributed by atoms with Gasteiger partial charge >= 0.3 is 0 Å². The van der Waals surface area contributed by atoms with Crippen LogP contribution in [0.3, 0.4) is 0 Å². The van der Waals surface area contributed by atoms with Crippen molar-refractivity contribution in [2.24, 2.45) is 5.92 Å². The van der Waals surface area contributed by atoms with Gasteiger partial charge in [0.25, 0.3) is 11.5 Å². The van der Waals surface area contributed by atoms with Crippen LogP contribution in [0.15, 0.2) is 84.3 Å². The number of anilines is 1. The van der Waals surface area contributed by atoms with Crippen molar-refractivity contribution in [2.45, 2.75) is 50.2 Å². The van der Waals surface area contributed by atoms with E-state index < -0.39 is 31.6 Å². The Balaban J connectivity index is 1.58. The Bertz CT molecular complexity index is 1640. The fourth-order valence-corrected chi connectivity index (χ4v) is 9.54. The monoisotopic (exact) mass is 633 g/mol. The number of methoxy groups -OCH3 is 1. The van der Waals surface area contributed by atoms with Crippen molar-refractivity contribution in [2.75, 3.05) is 31.7 Å². The van der Waals surface area contributed by atoms with Gasteiger partial charge in [0.1, 0.15) is 0 Å². The third-order valence-electron chi connectivity index (χ3n) is 8.98. The summed E-state index contributed by atoms with van der Waals surface area (Å²) >= 11 is 0. The molecule has 9 nitrogen and oxygen atoms in total. The number of fused-ring (bicyclic) bond motifs is 2. The number of halogens is 1. The first kappa shape index (κ1) is 32.3. The van der Waals surface area contributed by atoms with Gasteiger partial charge in [-0.1, -0.05) is 43.3 Å². The van der Waals surface area contributed by atoms with E-state index >= 15 is 4.11 Å². The molecule has 1 aromatic heterocycles. The molecule has 3 aromatic rings. The molecule has 238 valence electrons. The topological polar surface area (TPSA) is 101 Å². The Kier molecular flexibility index (Phi) is 9.15. The van der Waals surface area contributed by atoms with Crippen LogP contribution >= 0.6 is 0 Å². The molecule has 11 heteroatoms. The molecule has 3 heterocycles. The molecule has 0 aliphatic carbocycles. The van der Waals surface area contributed by atoms with Crippen LogP contribution in [0.25, 0.3) is 5.69 Å². The molecular weight excluding hydrogens is 593 g/mol. The number of aliphatic hydroxyl groups excluding tert-OH is 1. The van der Waals surface area contributed by atoms with Crippen LogP contribution in [-0.2, 0) is 26.5 Å². The van der Waals surface area contributed by atoms with Gasteiger partial charge in [0.15, 0.2) is 11.4 Å². The molecule has 1 saturated heterocycles. The molecule has 2 aliphatic heterocycles. The van der Waals surface area contributed by atoms with Crippen LogP contribution in [0, 0.1) is 5.92 Å². The number of benzene rings is 2. The molecule has 5 rings (SSSR count). The summed E-state index contributed by atoms with van der Waals surface area (Å²) in [6.45, 7) is 9.17. The summed E-state index contributed by atoms with van der Waals surface area (Å²) < 4.78 is 29.7. The van der Waals surface area contributed by atoms with Gasteiger partial charge in [0.05, 0.1) is 31.9 Å². The summed E-state index contributed by atoms with van der Waals surface area (Å²) in [7, 11) is -2.12. The zero-order valence-electron chi connectivity index (χ0n) is 26.1. The lowest BCUT2D eigenvalue weighted by Gasteiger charge is -2.31. The van der Waals surface area contributed by atoms with Crippen molar-refractivity contribution >= 4 is 25.9 Å². The predicted octanol–water partition coefficient (Wildman–Crippen LogP) is 4.56. The molecule has 0 saturated carbocycles. The zero-order chi connectivity index (χ0) is 32.5. The largest absolute Gasteiger partial charge is 0.491 e. The lowest BCUT2D eigenvalue weighted by molar-refractivity contribution is -0.149. The number of amides is 2. The van der Waals surface area contributed by atoms with Gasteiger partial charge in [-0.15, -0.1) is 6.58 Å². The number of aliphatic hydroxyl groups is 1. The molecule has 0 unspecified atom stereocenters. The summed E-state index contributed by atoms with van der Waals surface area (Å²) in [6, 6.07) is 17.9. The summed E-state index contributed by atoms with van der Waals surface area (Å²) in [6.07, 6.45) is 2.19.